The van der Waals surface area contributed by atoms with Crippen molar-refractivity contribution in [1.82, 2.24) is 4.98 Å². The minimum absolute atomic E-state index is 0.299. The van der Waals surface area contributed by atoms with Crippen molar-refractivity contribution in [3.8, 4) is 28.8 Å². The van der Waals surface area contributed by atoms with Crippen molar-refractivity contribution in [2.75, 3.05) is 7.11 Å². The summed E-state index contributed by atoms with van der Waals surface area (Å²) in [5, 5.41) is 12.1. The minimum atomic E-state index is -0.299. The summed E-state index contributed by atoms with van der Waals surface area (Å²) < 4.78 is 24.6. The van der Waals surface area contributed by atoms with Crippen molar-refractivity contribution in [3.05, 3.63) is 100 Å². The number of thiazole rings is 1. The molecule has 0 aliphatic rings. The number of nitriles is 1. The highest BCUT2D eigenvalue weighted by Crippen LogP contribution is 2.32. The van der Waals surface area contributed by atoms with Crippen LogP contribution in [0.2, 0.25) is 0 Å². The normalized spacial score (nSPS) is 11.1. The number of hydrogen-bond acceptors (Lipinski definition) is 5. The van der Waals surface area contributed by atoms with Gasteiger partial charge in [0.2, 0.25) is 0 Å². The number of ether oxygens (including phenoxy) is 2. The summed E-state index contributed by atoms with van der Waals surface area (Å²) in [6, 6.07) is 23.7. The van der Waals surface area contributed by atoms with Gasteiger partial charge in [-0.3, -0.25) is 0 Å². The molecule has 3 aromatic carbocycles. The van der Waals surface area contributed by atoms with Gasteiger partial charge < -0.3 is 9.47 Å². The summed E-state index contributed by atoms with van der Waals surface area (Å²) >= 11 is 1.37. The first-order chi connectivity index (χ1) is 15.7. The monoisotopic (exact) mass is 442 g/mol. The lowest BCUT2D eigenvalue weighted by Crippen LogP contribution is -1.97. The third-order valence-electron chi connectivity index (χ3n) is 4.73. The standard InChI is InChI=1S/C26H19FN2O2S/c1-30-25-14-19(7-12-24(25)31-16-18-5-3-2-4-6-18)13-21(15-28)26-29-23(17-32-26)20-8-10-22(27)11-9-20/h2-14,17H,16H2,1H3. The summed E-state index contributed by atoms with van der Waals surface area (Å²) in [5.74, 6) is 0.907. The van der Waals surface area contributed by atoms with Gasteiger partial charge >= 0.3 is 0 Å². The van der Waals surface area contributed by atoms with Crippen LogP contribution in [0.3, 0.4) is 0 Å². The van der Waals surface area contributed by atoms with Gasteiger partial charge in [-0.15, -0.1) is 11.3 Å². The van der Waals surface area contributed by atoms with Crippen molar-refractivity contribution < 1.29 is 13.9 Å². The Morgan fingerprint density at radius 3 is 2.56 bits per heavy atom. The van der Waals surface area contributed by atoms with E-state index in [1.165, 1.54) is 23.5 Å². The third-order valence-corrected chi connectivity index (χ3v) is 5.61. The molecule has 0 unspecified atom stereocenters. The molecule has 0 aliphatic heterocycles. The molecule has 0 N–H and O–H groups in total. The van der Waals surface area contributed by atoms with Crippen LogP contribution in [-0.2, 0) is 6.61 Å². The summed E-state index contributed by atoms with van der Waals surface area (Å²) in [6.07, 6.45) is 1.76. The number of hydrogen-bond donors (Lipinski definition) is 0. The number of allylic oxidation sites excluding steroid dienone is 1. The Morgan fingerprint density at radius 1 is 1.06 bits per heavy atom. The maximum absolute atomic E-state index is 13.2. The van der Waals surface area contributed by atoms with Crippen LogP contribution in [0.5, 0.6) is 11.5 Å². The van der Waals surface area contributed by atoms with Gasteiger partial charge in [-0.05, 0) is 53.6 Å². The zero-order chi connectivity index (χ0) is 22.3. The molecule has 0 saturated carbocycles. The Balaban J connectivity index is 1.55. The molecule has 0 saturated heterocycles. The van der Waals surface area contributed by atoms with Crippen LogP contribution in [-0.4, -0.2) is 12.1 Å². The molecule has 32 heavy (non-hydrogen) atoms. The highest BCUT2D eigenvalue weighted by atomic mass is 32.1. The number of rotatable bonds is 7. The molecule has 4 nitrogen and oxygen atoms in total. The molecule has 6 heteroatoms. The Kier molecular flexibility index (Phi) is 6.59. The van der Waals surface area contributed by atoms with E-state index in [0.29, 0.717) is 34.4 Å². The van der Waals surface area contributed by atoms with E-state index in [4.69, 9.17) is 9.47 Å². The zero-order valence-corrected chi connectivity index (χ0v) is 18.1. The molecule has 0 spiro atoms. The number of nitrogens with zero attached hydrogens (tertiary/aromatic N) is 2. The van der Waals surface area contributed by atoms with Crippen LogP contribution >= 0.6 is 11.3 Å². The fraction of sp³-hybridized carbons (Fsp3) is 0.0769. The molecule has 1 aromatic heterocycles. The molecule has 0 atom stereocenters. The van der Waals surface area contributed by atoms with E-state index >= 15 is 0 Å². The lowest BCUT2D eigenvalue weighted by molar-refractivity contribution is 0.284. The number of halogens is 1. The van der Waals surface area contributed by atoms with Gasteiger partial charge in [0.15, 0.2) is 11.5 Å². The summed E-state index contributed by atoms with van der Waals surface area (Å²) in [6.45, 7) is 0.432. The quantitative estimate of drug-likeness (QED) is 0.303. The molecule has 158 valence electrons. The van der Waals surface area contributed by atoms with E-state index in [-0.39, 0.29) is 5.82 Å². The van der Waals surface area contributed by atoms with E-state index in [2.05, 4.69) is 11.1 Å². The van der Waals surface area contributed by atoms with E-state index in [0.717, 1.165) is 16.7 Å². The van der Waals surface area contributed by atoms with Crippen LogP contribution in [0, 0.1) is 17.1 Å². The van der Waals surface area contributed by atoms with Gasteiger partial charge in [0.25, 0.3) is 0 Å². The SMILES string of the molecule is COc1cc(C=C(C#N)c2nc(-c3ccc(F)cc3)cs2)ccc1OCc1ccccc1. The first-order valence-corrected chi connectivity index (χ1v) is 10.7. The Labute approximate surface area is 189 Å². The predicted molar refractivity (Wildman–Crippen MR) is 125 cm³/mol. The average Bonchev–Trinajstić information content (AvgIpc) is 3.32. The van der Waals surface area contributed by atoms with Crippen LogP contribution in [0.1, 0.15) is 16.1 Å². The van der Waals surface area contributed by atoms with Gasteiger partial charge in [-0.1, -0.05) is 36.4 Å². The first kappa shape index (κ1) is 21.3. The van der Waals surface area contributed by atoms with Gasteiger partial charge in [0.05, 0.1) is 18.4 Å². The molecule has 1 heterocycles. The van der Waals surface area contributed by atoms with Crippen molar-refractivity contribution in [2.45, 2.75) is 6.61 Å². The lowest BCUT2D eigenvalue weighted by atomic mass is 10.1. The van der Waals surface area contributed by atoms with E-state index in [1.807, 2.05) is 53.9 Å². The van der Waals surface area contributed by atoms with Crippen LogP contribution in [0.25, 0.3) is 22.9 Å². The van der Waals surface area contributed by atoms with Crippen molar-refractivity contribution in [1.29, 1.82) is 5.26 Å². The van der Waals surface area contributed by atoms with Gasteiger partial charge in [-0.2, -0.15) is 5.26 Å². The topological polar surface area (TPSA) is 55.1 Å². The molecule has 0 fully saturated rings. The second-order valence-electron chi connectivity index (χ2n) is 6.90. The highest BCUT2D eigenvalue weighted by Gasteiger charge is 2.11. The number of aromatic nitrogens is 1. The fourth-order valence-electron chi connectivity index (χ4n) is 3.09. The van der Waals surface area contributed by atoms with Crippen LogP contribution in [0.4, 0.5) is 4.39 Å². The third kappa shape index (κ3) is 5.02. The van der Waals surface area contributed by atoms with Crippen molar-refractivity contribution >= 4 is 23.0 Å². The Hall–Kier alpha value is -3.95. The minimum Gasteiger partial charge on any atom is -0.493 e. The van der Waals surface area contributed by atoms with Crippen molar-refractivity contribution in [3.63, 3.8) is 0 Å². The maximum Gasteiger partial charge on any atom is 0.161 e. The Morgan fingerprint density at radius 2 is 1.84 bits per heavy atom. The first-order valence-electron chi connectivity index (χ1n) is 9.84. The highest BCUT2D eigenvalue weighted by molar-refractivity contribution is 7.11. The van der Waals surface area contributed by atoms with Gasteiger partial charge in [0.1, 0.15) is 23.5 Å². The second-order valence-corrected chi connectivity index (χ2v) is 7.76. The van der Waals surface area contributed by atoms with Crippen LogP contribution < -0.4 is 9.47 Å². The molecule has 4 aromatic rings. The van der Waals surface area contributed by atoms with Gasteiger partial charge in [0, 0.05) is 10.9 Å². The van der Waals surface area contributed by atoms with Crippen molar-refractivity contribution in [2.24, 2.45) is 0 Å². The van der Waals surface area contributed by atoms with Crippen LogP contribution in [0.15, 0.2) is 78.2 Å². The summed E-state index contributed by atoms with van der Waals surface area (Å²) in [4.78, 5) is 4.55. The Bertz CT molecular complexity index is 1280. The molecular formula is C26H19FN2O2S. The largest absolute Gasteiger partial charge is 0.493 e. The maximum atomic E-state index is 13.2. The average molecular weight is 443 g/mol. The molecular weight excluding hydrogens is 423 g/mol. The molecule has 4 rings (SSSR count). The lowest BCUT2D eigenvalue weighted by Gasteiger charge is -2.11. The predicted octanol–water partition coefficient (Wildman–Crippen LogP) is 6.60. The van der Waals surface area contributed by atoms with E-state index in [1.54, 1.807) is 25.3 Å². The smallest absolute Gasteiger partial charge is 0.161 e. The fourth-order valence-corrected chi connectivity index (χ4v) is 3.88. The number of methoxy groups -OCH3 is 1. The van der Waals surface area contributed by atoms with E-state index in [9.17, 15) is 9.65 Å². The molecule has 0 radical (unpaired) electrons. The molecule has 0 bridgehead atoms. The zero-order valence-electron chi connectivity index (χ0n) is 17.3. The van der Waals surface area contributed by atoms with E-state index < -0.39 is 0 Å². The van der Waals surface area contributed by atoms with Gasteiger partial charge in [-0.25, -0.2) is 9.37 Å². The second kappa shape index (κ2) is 9.90. The summed E-state index contributed by atoms with van der Waals surface area (Å²) in [7, 11) is 1.58. The number of benzene rings is 3. The molecule has 0 aliphatic carbocycles. The molecule has 0 amide bonds. The summed E-state index contributed by atoms with van der Waals surface area (Å²) in [5.41, 5.74) is 3.79.